The summed E-state index contributed by atoms with van der Waals surface area (Å²) in [5, 5.41) is 2.65. The summed E-state index contributed by atoms with van der Waals surface area (Å²) < 4.78 is 2.64. The number of nitrogens with zero attached hydrogens (tertiary/aromatic N) is 1. The van der Waals surface area contributed by atoms with E-state index in [4.69, 9.17) is 0 Å². The molecule has 0 amide bonds. The van der Waals surface area contributed by atoms with Crippen molar-refractivity contribution in [3.8, 4) is 44.5 Å². The summed E-state index contributed by atoms with van der Waals surface area (Å²) in [5.41, 5.74) is 19.2. The first-order chi connectivity index (χ1) is 27.3. The molecular formula is C54H41NS. The summed E-state index contributed by atoms with van der Waals surface area (Å²) >= 11 is 1.87. The second kappa shape index (κ2) is 12.1. The number of rotatable bonds is 5. The second-order valence-corrected chi connectivity index (χ2v) is 17.6. The number of hydrogen-bond acceptors (Lipinski definition) is 2. The molecule has 2 aliphatic carbocycles. The highest BCUT2D eigenvalue weighted by Crippen LogP contribution is 2.55. The van der Waals surface area contributed by atoms with Crippen LogP contribution in [0.25, 0.3) is 64.7 Å². The van der Waals surface area contributed by atoms with Gasteiger partial charge in [-0.15, -0.1) is 11.3 Å². The molecule has 0 saturated carbocycles. The maximum atomic E-state index is 2.49. The van der Waals surface area contributed by atoms with E-state index in [9.17, 15) is 0 Å². The lowest BCUT2D eigenvalue weighted by atomic mass is 9.82. The Labute approximate surface area is 333 Å². The van der Waals surface area contributed by atoms with Crippen LogP contribution in [0.5, 0.6) is 0 Å². The van der Waals surface area contributed by atoms with Crippen molar-refractivity contribution in [1.29, 1.82) is 0 Å². The third-order valence-corrected chi connectivity index (χ3v) is 13.8. The Bertz CT molecular complexity index is 3030. The van der Waals surface area contributed by atoms with Gasteiger partial charge in [0.25, 0.3) is 0 Å². The van der Waals surface area contributed by atoms with Gasteiger partial charge in [0.05, 0.1) is 5.69 Å². The van der Waals surface area contributed by atoms with E-state index < -0.39 is 0 Å². The molecule has 0 spiro atoms. The van der Waals surface area contributed by atoms with Crippen molar-refractivity contribution in [2.75, 3.05) is 4.90 Å². The van der Waals surface area contributed by atoms with Crippen molar-refractivity contribution in [2.45, 2.75) is 38.5 Å². The number of benzene rings is 8. The number of hydrogen-bond donors (Lipinski definition) is 0. The average Bonchev–Trinajstić information content (AvgIpc) is 3.82. The van der Waals surface area contributed by atoms with Crippen LogP contribution < -0.4 is 4.90 Å². The highest BCUT2D eigenvalue weighted by molar-refractivity contribution is 7.25. The Morgan fingerprint density at radius 3 is 1.71 bits per heavy atom. The topological polar surface area (TPSA) is 3.24 Å². The summed E-state index contributed by atoms with van der Waals surface area (Å²) in [6.07, 6.45) is 0. The molecule has 1 aromatic heterocycles. The van der Waals surface area contributed by atoms with E-state index >= 15 is 0 Å². The fourth-order valence-electron chi connectivity index (χ4n) is 9.96. The predicted octanol–water partition coefficient (Wildman–Crippen LogP) is 15.5. The summed E-state index contributed by atoms with van der Waals surface area (Å²) in [5.74, 6) is 0. The Morgan fingerprint density at radius 1 is 0.393 bits per heavy atom. The minimum Gasteiger partial charge on any atom is -0.310 e. The zero-order valence-electron chi connectivity index (χ0n) is 32.1. The molecule has 56 heavy (non-hydrogen) atoms. The predicted molar refractivity (Wildman–Crippen MR) is 240 cm³/mol. The molecule has 0 radical (unpaired) electrons. The molecule has 0 aliphatic heterocycles. The molecule has 0 saturated heterocycles. The molecule has 2 heteroatoms. The van der Waals surface area contributed by atoms with E-state index in [1.165, 1.54) is 92.6 Å². The lowest BCUT2D eigenvalue weighted by Crippen LogP contribution is -2.16. The van der Waals surface area contributed by atoms with Gasteiger partial charge < -0.3 is 4.90 Å². The lowest BCUT2D eigenvalue weighted by Gasteiger charge is -2.29. The molecule has 9 aromatic rings. The zero-order valence-corrected chi connectivity index (χ0v) is 32.9. The van der Waals surface area contributed by atoms with E-state index in [1.807, 2.05) is 11.3 Å². The van der Waals surface area contributed by atoms with Gasteiger partial charge in [0.2, 0.25) is 0 Å². The first kappa shape index (κ1) is 33.1. The largest absolute Gasteiger partial charge is 0.310 e. The van der Waals surface area contributed by atoms with Gasteiger partial charge in [0.1, 0.15) is 0 Å². The van der Waals surface area contributed by atoms with Gasteiger partial charge in [-0.1, -0.05) is 161 Å². The second-order valence-electron chi connectivity index (χ2n) is 16.5. The summed E-state index contributed by atoms with van der Waals surface area (Å²) in [7, 11) is 0. The van der Waals surface area contributed by atoms with Crippen molar-refractivity contribution in [2.24, 2.45) is 0 Å². The van der Waals surface area contributed by atoms with Gasteiger partial charge in [-0.25, -0.2) is 0 Å². The molecule has 0 unspecified atom stereocenters. The molecule has 1 nitrogen and oxygen atoms in total. The molecule has 0 bridgehead atoms. The molecule has 11 rings (SSSR count). The quantitative estimate of drug-likeness (QED) is 0.170. The molecule has 0 atom stereocenters. The number of fused-ring (bicyclic) bond motifs is 9. The Hall–Kier alpha value is -6.22. The van der Waals surface area contributed by atoms with Crippen molar-refractivity contribution >= 4 is 48.6 Å². The summed E-state index contributed by atoms with van der Waals surface area (Å²) in [6, 6.07) is 65.7. The number of thiophene rings is 1. The van der Waals surface area contributed by atoms with Crippen LogP contribution in [0.1, 0.15) is 49.9 Å². The van der Waals surface area contributed by atoms with Gasteiger partial charge in [-0.05, 0) is 104 Å². The maximum Gasteiger partial charge on any atom is 0.0543 e. The Morgan fingerprint density at radius 2 is 0.946 bits per heavy atom. The lowest BCUT2D eigenvalue weighted by molar-refractivity contribution is 0.660. The Kier molecular flexibility index (Phi) is 7.18. The van der Waals surface area contributed by atoms with E-state index in [2.05, 4.69) is 209 Å². The van der Waals surface area contributed by atoms with Crippen molar-refractivity contribution in [3.63, 3.8) is 0 Å². The summed E-state index contributed by atoms with van der Waals surface area (Å²) in [4.78, 5) is 2.49. The van der Waals surface area contributed by atoms with E-state index in [0.717, 1.165) is 11.4 Å². The highest BCUT2D eigenvalue weighted by atomic mass is 32.1. The van der Waals surface area contributed by atoms with Crippen LogP contribution in [-0.4, -0.2) is 0 Å². The third kappa shape index (κ3) is 4.72. The van der Waals surface area contributed by atoms with E-state index in [-0.39, 0.29) is 10.8 Å². The van der Waals surface area contributed by atoms with Gasteiger partial charge in [0.15, 0.2) is 0 Å². The smallest absolute Gasteiger partial charge is 0.0543 e. The Balaban J connectivity index is 1.11. The molecular weight excluding hydrogens is 695 g/mol. The standard InChI is InChI=1S/C54H41NS/c1-53(2)43-22-8-5-17-40(43)50-38(20-12-24-45(50)53)34-29-31-36(32-30-34)55(47-26-14-25-46-52(47)41-18-6-9-23-44(41)54(46,3)4)37-16-11-15-35(33-37)39-21-13-28-49-51(39)42-19-7-10-27-48(42)56-49/h5-33H,1-4H3. The van der Waals surface area contributed by atoms with Crippen LogP contribution >= 0.6 is 11.3 Å². The first-order valence-electron chi connectivity index (χ1n) is 19.7. The minimum absolute atomic E-state index is 0.0406. The van der Waals surface area contributed by atoms with Gasteiger partial charge in [-0.2, -0.15) is 0 Å². The van der Waals surface area contributed by atoms with Crippen molar-refractivity contribution < 1.29 is 0 Å². The molecule has 2 aliphatic rings. The monoisotopic (exact) mass is 735 g/mol. The fraction of sp³-hybridized carbons (Fsp3) is 0.111. The fourth-order valence-corrected chi connectivity index (χ4v) is 11.1. The van der Waals surface area contributed by atoms with E-state index in [0.29, 0.717) is 0 Å². The molecule has 0 fully saturated rings. The van der Waals surface area contributed by atoms with Crippen LogP contribution in [-0.2, 0) is 10.8 Å². The highest BCUT2D eigenvalue weighted by Gasteiger charge is 2.38. The minimum atomic E-state index is -0.104. The third-order valence-electron chi connectivity index (χ3n) is 12.7. The normalized spacial score (nSPS) is 14.4. The zero-order chi connectivity index (χ0) is 37.8. The van der Waals surface area contributed by atoms with Crippen LogP contribution in [0.15, 0.2) is 176 Å². The van der Waals surface area contributed by atoms with Crippen LogP contribution in [0, 0.1) is 0 Å². The van der Waals surface area contributed by atoms with Crippen LogP contribution in [0.3, 0.4) is 0 Å². The number of anilines is 3. The molecule has 0 N–H and O–H groups in total. The van der Waals surface area contributed by atoms with Gasteiger partial charge >= 0.3 is 0 Å². The average molecular weight is 736 g/mol. The first-order valence-corrected chi connectivity index (χ1v) is 20.5. The molecule has 8 aromatic carbocycles. The van der Waals surface area contributed by atoms with Gasteiger partial charge in [-0.3, -0.25) is 0 Å². The maximum absolute atomic E-state index is 2.49. The summed E-state index contributed by atoms with van der Waals surface area (Å²) in [6.45, 7) is 9.45. The van der Waals surface area contributed by atoms with Crippen molar-refractivity contribution in [1.82, 2.24) is 0 Å². The SMILES string of the molecule is CC1(C)c2ccccc2-c2c(-c3ccc(N(c4cccc(-c5cccc6sc7ccccc7c56)c4)c4cccc5c4-c4ccccc4C5(C)C)cc3)cccc21. The van der Waals surface area contributed by atoms with Crippen LogP contribution in [0.4, 0.5) is 17.1 Å². The van der Waals surface area contributed by atoms with E-state index in [1.54, 1.807) is 0 Å². The van der Waals surface area contributed by atoms with Gasteiger partial charge in [0, 0.05) is 47.9 Å². The van der Waals surface area contributed by atoms with Crippen molar-refractivity contribution in [3.05, 3.63) is 198 Å². The van der Waals surface area contributed by atoms with Crippen LogP contribution in [0.2, 0.25) is 0 Å². The molecule has 1 heterocycles. The molecule has 268 valence electrons.